The van der Waals surface area contributed by atoms with Crippen molar-refractivity contribution in [2.24, 2.45) is 4.99 Å². The molecule has 0 heterocycles. The van der Waals surface area contributed by atoms with Crippen LogP contribution in [0.15, 0.2) is 70.6 Å². The molecule has 0 radical (unpaired) electrons. The van der Waals surface area contributed by atoms with Crippen LogP contribution in [0.4, 0.5) is 0 Å². The third-order valence-corrected chi connectivity index (χ3v) is 4.23. The maximum atomic E-state index is 5.45. The predicted molar refractivity (Wildman–Crippen MR) is 103 cm³/mol. The standard InChI is InChI=1S/C21H21NS/c1-5-17-11-13-18(14-12-17)21(22-15-16(3)4)19-9-7-8-10-20(19)23-6-2/h1,7-14H,3,6,15H2,2,4H3. The summed E-state index contributed by atoms with van der Waals surface area (Å²) >= 11 is 1.83. The van der Waals surface area contributed by atoms with Crippen LogP contribution in [0, 0.1) is 12.3 Å². The maximum absolute atomic E-state index is 5.45. The summed E-state index contributed by atoms with van der Waals surface area (Å²) in [6.45, 7) is 8.74. The van der Waals surface area contributed by atoms with E-state index in [2.05, 4.69) is 43.7 Å². The van der Waals surface area contributed by atoms with Crippen LogP contribution in [-0.2, 0) is 0 Å². The van der Waals surface area contributed by atoms with Gasteiger partial charge in [-0.15, -0.1) is 18.2 Å². The van der Waals surface area contributed by atoms with Crippen molar-refractivity contribution in [1.29, 1.82) is 0 Å². The molecule has 23 heavy (non-hydrogen) atoms. The van der Waals surface area contributed by atoms with Gasteiger partial charge in [0.25, 0.3) is 0 Å². The average molecular weight is 319 g/mol. The molecule has 2 heteroatoms. The molecule has 0 fully saturated rings. The highest BCUT2D eigenvalue weighted by Crippen LogP contribution is 2.25. The Morgan fingerprint density at radius 2 is 1.87 bits per heavy atom. The molecular formula is C21H21NS. The summed E-state index contributed by atoms with van der Waals surface area (Å²) in [6, 6.07) is 16.4. The zero-order valence-electron chi connectivity index (χ0n) is 13.7. The number of aliphatic imine (C=N–C) groups is 1. The Kier molecular flexibility index (Phi) is 6.26. The lowest BCUT2D eigenvalue weighted by molar-refractivity contribution is 1.14. The molecule has 0 spiro atoms. The smallest absolute Gasteiger partial charge is 0.0734 e. The molecule has 2 rings (SSSR count). The molecule has 1 nitrogen and oxygen atoms in total. The van der Waals surface area contributed by atoms with Crippen molar-refractivity contribution in [2.45, 2.75) is 18.7 Å². The summed E-state index contributed by atoms with van der Waals surface area (Å²) < 4.78 is 0. The highest BCUT2D eigenvalue weighted by Gasteiger charge is 2.11. The van der Waals surface area contributed by atoms with Gasteiger partial charge in [-0.3, -0.25) is 4.99 Å². The van der Waals surface area contributed by atoms with Crippen molar-refractivity contribution in [3.05, 3.63) is 77.4 Å². The van der Waals surface area contributed by atoms with E-state index in [1.807, 2.05) is 43.0 Å². The lowest BCUT2D eigenvalue weighted by Crippen LogP contribution is -2.07. The lowest BCUT2D eigenvalue weighted by atomic mass is 10.0. The monoisotopic (exact) mass is 319 g/mol. The molecular weight excluding hydrogens is 298 g/mol. The normalized spacial score (nSPS) is 11.1. The van der Waals surface area contributed by atoms with Crippen molar-refractivity contribution >= 4 is 17.5 Å². The molecule has 0 aliphatic rings. The molecule has 116 valence electrons. The van der Waals surface area contributed by atoms with Gasteiger partial charge in [0.2, 0.25) is 0 Å². The summed E-state index contributed by atoms with van der Waals surface area (Å²) in [6.07, 6.45) is 5.45. The van der Waals surface area contributed by atoms with Crippen LogP contribution < -0.4 is 0 Å². The van der Waals surface area contributed by atoms with Gasteiger partial charge in [0.15, 0.2) is 0 Å². The van der Waals surface area contributed by atoms with Crippen LogP contribution in [0.2, 0.25) is 0 Å². The number of hydrogen-bond donors (Lipinski definition) is 0. The van der Waals surface area contributed by atoms with Crippen LogP contribution in [0.1, 0.15) is 30.5 Å². The summed E-state index contributed by atoms with van der Waals surface area (Å²) in [5, 5.41) is 0. The first-order chi connectivity index (χ1) is 11.2. The number of benzene rings is 2. The molecule has 0 amide bonds. The minimum absolute atomic E-state index is 0.622. The highest BCUT2D eigenvalue weighted by molar-refractivity contribution is 7.99. The Bertz CT molecular complexity index is 748. The fraction of sp³-hybridized carbons (Fsp3) is 0.190. The van der Waals surface area contributed by atoms with Gasteiger partial charge in [0.1, 0.15) is 0 Å². The molecule has 0 bridgehead atoms. The third-order valence-electron chi connectivity index (χ3n) is 3.27. The lowest BCUT2D eigenvalue weighted by Gasteiger charge is -2.12. The molecule has 2 aromatic carbocycles. The quantitative estimate of drug-likeness (QED) is 0.309. The van der Waals surface area contributed by atoms with E-state index in [1.165, 1.54) is 4.90 Å². The SMILES string of the molecule is C#Cc1ccc(C(=NCC(=C)C)c2ccccc2SCC)cc1. The van der Waals surface area contributed by atoms with Crippen molar-refractivity contribution in [3.8, 4) is 12.3 Å². The van der Waals surface area contributed by atoms with E-state index >= 15 is 0 Å². The largest absolute Gasteiger partial charge is 0.280 e. The fourth-order valence-corrected chi connectivity index (χ4v) is 3.02. The average Bonchev–Trinajstić information content (AvgIpc) is 2.57. The summed E-state index contributed by atoms with van der Waals surface area (Å²) in [5.74, 6) is 3.69. The Balaban J connectivity index is 2.52. The second-order valence-corrected chi connectivity index (χ2v) is 6.58. The van der Waals surface area contributed by atoms with Crippen LogP contribution >= 0.6 is 11.8 Å². The van der Waals surface area contributed by atoms with E-state index in [0.717, 1.165) is 33.7 Å². The van der Waals surface area contributed by atoms with Crippen LogP contribution in [0.3, 0.4) is 0 Å². The second-order valence-electron chi connectivity index (χ2n) is 5.27. The molecule has 0 aliphatic heterocycles. The van der Waals surface area contributed by atoms with E-state index in [1.54, 1.807) is 0 Å². The van der Waals surface area contributed by atoms with Gasteiger partial charge in [-0.1, -0.05) is 55.3 Å². The Morgan fingerprint density at radius 1 is 1.17 bits per heavy atom. The van der Waals surface area contributed by atoms with Crippen molar-refractivity contribution < 1.29 is 0 Å². The van der Waals surface area contributed by atoms with Crippen molar-refractivity contribution in [2.75, 3.05) is 12.3 Å². The highest BCUT2D eigenvalue weighted by atomic mass is 32.2. The van der Waals surface area contributed by atoms with E-state index in [4.69, 9.17) is 11.4 Å². The summed E-state index contributed by atoms with van der Waals surface area (Å²) in [7, 11) is 0. The van der Waals surface area contributed by atoms with Gasteiger partial charge in [-0.2, -0.15) is 0 Å². The van der Waals surface area contributed by atoms with Crippen LogP contribution in [0.5, 0.6) is 0 Å². The summed E-state index contributed by atoms with van der Waals surface area (Å²) in [4.78, 5) is 6.06. The Hall–Kier alpha value is -2.24. The number of rotatable bonds is 6. The number of terminal acetylenes is 1. The first-order valence-electron chi connectivity index (χ1n) is 7.63. The van der Waals surface area contributed by atoms with Crippen molar-refractivity contribution in [3.63, 3.8) is 0 Å². The van der Waals surface area contributed by atoms with Gasteiger partial charge in [-0.25, -0.2) is 0 Å². The number of thioether (sulfide) groups is 1. The first-order valence-corrected chi connectivity index (χ1v) is 8.62. The van der Waals surface area contributed by atoms with Crippen LogP contribution in [0.25, 0.3) is 0 Å². The topological polar surface area (TPSA) is 12.4 Å². The molecule has 0 unspecified atom stereocenters. The molecule has 0 saturated carbocycles. The molecule has 0 saturated heterocycles. The number of nitrogens with zero attached hydrogens (tertiary/aromatic N) is 1. The minimum atomic E-state index is 0.622. The molecule has 0 atom stereocenters. The zero-order valence-corrected chi connectivity index (χ0v) is 14.5. The maximum Gasteiger partial charge on any atom is 0.0734 e. The van der Waals surface area contributed by atoms with Gasteiger partial charge < -0.3 is 0 Å². The third kappa shape index (κ3) is 4.61. The minimum Gasteiger partial charge on any atom is -0.280 e. The predicted octanol–water partition coefficient (Wildman–Crippen LogP) is 5.19. The Morgan fingerprint density at radius 3 is 2.48 bits per heavy atom. The zero-order chi connectivity index (χ0) is 16.7. The van der Waals surface area contributed by atoms with E-state index in [9.17, 15) is 0 Å². The molecule has 0 aromatic heterocycles. The van der Waals surface area contributed by atoms with Gasteiger partial charge in [0.05, 0.1) is 12.3 Å². The summed E-state index contributed by atoms with van der Waals surface area (Å²) in [5.41, 5.74) is 5.16. The van der Waals surface area contributed by atoms with Gasteiger partial charge in [-0.05, 0) is 30.9 Å². The van der Waals surface area contributed by atoms with Gasteiger partial charge in [0, 0.05) is 21.6 Å². The van der Waals surface area contributed by atoms with E-state index < -0.39 is 0 Å². The Labute approximate surface area is 143 Å². The first kappa shape index (κ1) is 17.1. The molecule has 0 aliphatic carbocycles. The van der Waals surface area contributed by atoms with Crippen molar-refractivity contribution in [1.82, 2.24) is 0 Å². The van der Waals surface area contributed by atoms with Gasteiger partial charge >= 0.3 is 0 Å². The second kappa shape index (κ2) is 8.41. The molecule has 2 aromatic rings. The molecule has 0 N–H and O–H groups in total. The van der Waals surface area contributed by atoms with E-state index in [0.29, 0.717) is 6.54 Å². The number of hydrogen-bond acceptors (Lipinski definition) is 2. The van der Waals surface area contributed by atoms with E-state index in [-0.39, 0.29) is 0 Å². The van der Waals surface area contributed by atoms with Crippen LogP contribution in [-0.4, -0.2) is 18.0 Å². The fourth-order valence-electron chi connectivity index (χ4n) is 2.21.